The summed E-state index contributed by atoms with van der Waals surface area (Å²) in [6.45, 7) is 1.51. The quantitative estimate of drug-likeness (QED) is 0.265. The maximum absolute atomic E-state index is 12.4. The van der Waals surface area contributed by atoms with E-state index in [1.54, 1.807) is 19.1 Å². The highest BCUT2D eigenvalue weighted by Gasteiger charge is 2.36. The van der Waals surface area contributed by atoms with Crippen molar-refractivity contribution in [1.82, 2.24) is 0 Å². The van der Waals surface area contributed by atoms with Crippen molar-refractivity contribution in [2.24, 2.45) is 5.92 Å². The number of rotatable bonds is 8. The molecule has 2 aromatic carbocycles. The summed E-state index contributed by atoms with van der Waals surface area (Å²) in [5.74, 6) is -2.68. The van der Waals surface area contributed by atoms with Crippen molar-refractivity contribution in [3.63, 3.8) is 0 Å². The lowest BCUT2D eigenvalue weighted by Crippen LogP contribution is -2.27. The van der Waals surface area contributed by atoms with Gasteiger partial charge < -0.3 is 14.4 Å². The number of carbonyl (C=O) groups is 4. The first-order valence-electron chi connectivity index (χ1n) is 9.82. The molecule has 10 heteroatoms. The first kappa shape index (κ1) is 22.6. The molecule has 32 heavy (non-hydrogen) atoms. The SMILES string of the molecule is CCOC(=O)c1ccc(N2CC(C(=O)OCC(=O)c3ccc([N+](=O)[O-])cc3)CC2=O)cc1. The molecule has 0 spiro atoms. The van der Waals surface area contributed by atoms with Crippen molar-refractivity contribution in [2.45, 2.75) is 13.3 Å². The van der Waals surface area contributed by atoms with Crippen LogP contribution in [-0.4, -0.2) is 48.3 Å². The molecule has 1 aliphatic heterocycles. The Labute approximate surface area is 182 Å². The minimum absolute atomic E-state index is 0.0653. The Kier molecular flexibility index (Phi) is 6.93. The largest absolute Gasteiger partial charge is 0.462 e. The van der Waals surface area contributed by atoms with Crippen LogP contribution < -0.4 is 4.90 Å². The summed E-state index contributed by atoms with van der Waals surface area (Å²) < 4.78 is 9.99. The lowest BCUT2D eigenvalue weighted by atomic mass is 10.1. The fourth-order valence-electron chi connectivity index (χ4n) is 3.21. The van der Waals surface area contributed by atoms with Crippen LogP contribution in [0.25, 0.3) is 0 Å². The first-order chi connectivity index (χ1) is 15.3. The number of esters is 2. The molecule has 166 valence electrons. The molecular weight excluding hydrogens is 420 g/mol. The van der Waals surface area contributed by atoms with Gasteiger partial charge in [0.15, 0.2) is 12.4 Å². The second kappa shape index (κ2) is 9.82. The van der Waals surface area contributed by atoms with Gasteiger partial charge in [0.25, 0.3) is 5.69 Å². The molecule has 1 heterocycles. The maximum atomic E-state index is 12.4. The highest BCUT2D eigenvalue weighted by Crippen LogP contribution is 2.26. The summed E-state index contributed by atoms with van der Waals surface area (Å²) in [7, 11) is 0. The molecule has 1 unspecified atom stereocenters. The van der Waals surface area contributed by atoms with Gasteiger partial charge in [-0.2, -0.15) is 0 Å². The molecule has 0 saturated carbocycles. The van der Waals surface area contributed by atoms with Crippen LogP contribution in [0.1, 0.15) is 34.1 Å². The molecule has 0 aliphatic carbocycles. The number of anilines is 1. The highest BCUT2D eigenvalue weighted by molar-refractivity contribution is 6.01. The third-order valence-electron chi connectivity index (χ3n) is 4.89. The topological polar surface area (TPSA) is 133 Å². The summed E-state index contributed by atoms with van der Waals surface area (Å²) in [4.78, 5) is 60.1. The number of hydrogen-bond acceptors (Lipinski definition) is 8. The van der Waals surface area contributed by atoms with Crippen LogP contribution in [-0.2, 0) is 19.1 Å². The third kappa shape index (κ3) is 5.15. The minimum atomic E-state index is -0.739. The lowest BCUT2D eigenvalue weighted by Gasteiger charge is -2.17. The van der Waals surface area contributed by atoms with Gasteiger partial charge in [-0.25, -0.2) is 4.79 Å². The standard InChI is InChI=1S/C22H20N2O8/c1-2-31-21(27)15-5-7-17(8-6-15)23-12-16(11-20(23)26)22(28)32-13-19(25)14-3-9-18(10-4-14)24(29)30/h3-10,16H,2,11-13H2,1H3. The van der Waals surface area contributed by atoms with Gasteiger partial charge in [-0.15, -0.1) is 0 Å². The molecule has 0 radical (unpaired) electrons. The number of benzene rings is 2. The Morgan fingerprint density at radius 1 is 1.03 bits per heavy atom. The second-order valence-corrected chi connectivity index (χ2v) is 7.01. The maximum Gasteiger partial charge on any atom is 0.338 e. The van der Waals surface area contributed by atoms with Crippen molar-refractivity contribution in [3.05, 3.63) is 69.8 Å². The molecule has 10 nitrogen and oxygen atoms in total. The summed E-state index contributed by atoms with van der Waals surface area (Å²) in [6.07, 6.45) is -0.0653. The van der Waals surface area contributed by atoms with Crippen LogP contribution in [0.2, 0.25) is 0 Å². The Bertz CT molecular complexity index is 1050. The number of non-ortho nitro benzene ring substituents is 1. The second-order valence-electron chi connectivity index (χ2n) is 7.01. The smallest absolute Gasteiger partial charge is 0.338 e. The normalized spacial score (nSPS) is 15.3. The Morgan fingerprint density at radius 2 is 1.66 bits per heavy atom. The predicted octanol–water partition coefficient (Wildman–Crippen LogP) is 2.55. The van der Waals surface area contributed by atoms with Crippen molar-refractivity contribution < 1.29 is 33.6 Å². The monoisotopic (exact) mass is 440 g/mol. The van der Waals surface area contributed by atoms with Crippen molar-refractivity contribution in [3.8, 4) is 0 Å². The van der Waals surface area contributed by atoms with Gasteiger partial charge in [0.05, 0.1) is 23.0 Å². The number of amides is 1. The molecule has 0 bridgehead atoms. The Hall–Kier alpha value is -4.08. The van der Waals surface area contributed by atoms with Gasteiger partial charge in [0.2, 0.25) is 5.91 Å². The number of ether oxygens (including phenoxy) is 2. The highest BCUT2D eigenvalue weighted by atomic mass is 16.6. The fourth-order valence-corrected chi connectivity index (χ4v) is 3.21. The van der Waals surface area contributed by atoms with E-state index in [1.165, 1.54) is 41.3 Å². The number of Topliss-reactive ketones (excluding diaryl/α,β-unsaturated/α-hetero) is 1. The molecule has 2 aromatic rings. The average molecular weight is 440 g/mol. The molecule has 1 aliphatic rings. The van der Waals surface area contributed by atoms with E-state index < -0.39 is 35.2 Å². The van der Waals surface area contributed by atoms with Gasteiger partial charge >= 0.3 is 11.9 Å². The van der Waals surface area contributed by atoms with E-state index in [-0.39, 0.29) is 36.7 Å². The summed E-state index contributed by atoms with van der Waals surface area (Å²) in [6, 6.07) is 11.2. The fraction of sp³-hybridized carbons (Fsp3) is 0.273. The van der Waals surface area contributed by atoms with Gasteiger partial charge in [-0.05, 0) is 43.3 Å². The van der Waals surface area contributed by atoms with Crippen LogP contribution in [0.5, 0.6) is 0 Å². The van der Waals surface area contributed by atoms with E-state index in [0.717, 1.165) is 0 Å². The molecule has 0 N–H and O–H groups in total. The molecule has 0 aromatic heterocycles. The van der Waals surface area contributed by atoms with Crippen molar-refractivity contribution in [2.75, 3.05) is 24.7 Å². The average Bonchev–Trinajstić information content (AvgIpc) is 3.19. The molecular formula is C22H20N2O8. The van der Waals surface area contributed by atoms with E-state index in [2.05, 4.69) is 0 Å². The predicted molar refractivity (Wildman–Crippen MR) is 111 cm³/mol. The van der Waals surface area contributed by atoms with Gasteiger partial charge in [-0.3, -0.25) is 24.5 Å². The molecule has 1 fully saturated rings. The number of nitrogens with zero attached hydrogens (tertiary/aromatic N) is 2. The Balaban J connectivity index is 1.56. The number of nitro groups is 1. The zero-order valence-electron chi connectivity index (χ0n) is 17.2. The molecule has 1 atom stereocenters. The number of hydrogen-bond donors (Lipinski definition) is 0. The Morgan fingerprint density at radius 3 is 2.25 bits per heavy atom. The summed E-state index contributed by atoms with van der Waals surface area (Å²) in [5, 5.41) is 10.7. The molecule has 3 rings (SSSR count). The van der Waals surface area contributed by atoms with E-state index in [4.69, 9.17) is 9.47 Å². The van der Waals surface area contributed by atoms with E-state index >= 15 is 0 Å². The number of carbonyl (C=O) groups excluding carboxylic acids is 4. The zero-order valence-corrected chi connectivity index (χ0v) is 17.2. The van der Waals surface area contributed by atoms with Crippen LogP contribution in [0, 0.1) is 16.0 Å². The van der Waals surface area contributed by atoms with Crippen LogP contribution >= 0.6 is 0 Å². The van der Waals surface area contributed by atoms with Crippen molar-refractivity contribution >= 4 is 35.0 Å². The molecule has 1 amide bonds. The van der Waals surface area contributed by atoms with E-state index in [1.807, 2.05) is 0 Å². The van der Waals surface area contributed by atoms with Gasteiger partial charge in [0, 0.05) is 36.3 Å². The van der Waals surface area contributed by atoms with Crippen molar-refractivity contribution in [1.29, 1.82) is 0 Å². The van der Waals surface area contributed by atoms with Crippen LogP contribution in [0.3, 0.4) is 0 Å². The zero-order chi connectivity index (χ0) is 23.3. The summed E-state index contributed by atoms with van der Waals surface area (Å²) >= 11 is 0. The number of nitro benzene ring substituents is 1. The third-order valence-corrected chi connectivity index (χ3v) is 4.89. The van der Waals surface area contributed by atoms with Gasteiger partial charge in [0.1, 0.15) is 0 Å². The first-order valence-corrected chi connectivity index (χ1v) is 9.82. The minimum Gasteiger partial charge on any atom is -0.462 e. The van der Waals surface area contributed by atoms with Gasteiger partial charge in [-0.1, -0.05) is 0 Å². The number of ketones is 1. The van der Waals surface area contributed by atoms with E-state index in [0.29, 0.717) is 11.3 Å². The van der Waals surface area contributed by atoms with Crippen LogP contribution in [0.15, 0.2) is 48.5 Å². The summed E-state index contributed by atoms with van der Waals surface area (Å²) in [5.41, 5.74) is 0.899. The van der Waals surface area contributed by atoms with E-state index in [9.17, 15) is 29.3 Å². The van der Waals surface area contributed by atoms with Crippen LogP contribution in [0.4, 0.5) is 11.4 Å². The lowest BCUT2D eigenvalue weighted by molar-refractivity contribution is -0.384. The molecule has 1 saturated heterocycles.